The second kappa shape index (κ2) is 6.46. The molecule has 0 unspecified atom stereocenters. The van der Waals surface area contributed by atoms with E-state index >= 15 is 0 Å². The van der Waals surface area contributed by atoms with Crippen molar-refractivity contribution in [1.82, 2.24) is 24.6 Å². The maximum absolute atomic E-state index is 12.7. The molecule has 0 aromatic carbocycles. The number of hydrogen-bond acceptors (Lipinski definition) is 6. The molecule has 128 valence electrons. The van der Waals surface area contributed by atoms with E-state index in [2.05, 4.69) is 20.0 Å². The highest BCUT2D eigenvalue weighted by molar-refractivity contribution is 5.92. The Morgan fingerprint density at radius 1 is 1.12 bits per heavy atom. The molecule has 2 aromatic heterocycles. The van der Waals surface area contributed by atoms with Crippen LogP contribution >= 0.6 is 0 Å². The van der Waals surface area contributed by atoms with E-state index < -0.39 is 0 Å². The summed E-state index contributed by atoms with van der Waals surface area (Å²) >= 11 is 0. The number of carbonyl (C=O) groups excluding carboxylic acids is 1. The quantitative estimate of drug-likeness (QED) is 0.874. The number of aryl methyl sites for hydroxylation is 3. The average molecular weight is 329 g/mol. The van der Waals surface area contributed by atoms with Crippen LogP contribution in [0.25, 0.3) is 0 Å². The van der Waals surface area contributed by atoms with Gasteiger partial charge in [-0.2, -0.15) is 10.1 Å². The van der Waals surface area contributed by atoms with E-state index in [1.807, 2.05) is 37.9 Å². The number of rotatable bonds is 2. The summed E-state index contributed by atoms with van der Waals surface area (Å²) in [5.74, 6) is 1.09. The SMILES string of the molecule is Cc1cc(N2CCCN(C(=O)c3cc(C)n(C)n3)CC2)nc(N)n1. The van der Waals surface area contributed by atoms with Crippen molar-refractivity contribution in [3.05, 3.63) is 29.2 Å². The minimum Gasteiger partial charge on any atom is -0.368 e. The number of carbonyl (C=O) groups is 1. The summed E-state index contributed by atoms with van der Waals surface area (Å²) in [7, 11) is 1.85. The first kappa shape index (κ1) is 16.2. The average Bonchev–Trinajstić information content (AvgIpc) is 2.75. The molecular formula is C16H23N7O. The number of aromatic nitrogens is 4. The fraction of sp³-hybridized carbons (Fsp3) is 0.500. The fourth-order valence-corrected chi connectivity index (χ4v) is 2.91. The first-order chi connectivity index (χ1) is 11.4. The number of nitrogens with two attached hydrogens (primary N) is 1. The topological polar surface area (TPSA) is 93.2 Å². The molecule has 3 heterocycles. The smallest absolute Gasteiger partial charge is 0.274 e. The third-order valence-corrected chi connectivity index (χ3v) is 4.30. The van der Waals surface area contributed by atoms with Gasteiger partial charge in [0.05, 0.1) is 0 Å². The van der Waals surface area contributed by atoms with Gasteiger partial charge in [-0.15, -0.1) is 0 Å². The highest BCUT2D eigenvalue weighted by Crippen LogP contribution is 2.17. The summed E-state index contributed by atoms with van der Waals surface area (Å²) in [6.45, 7) is 6.74. The molecule has 8 nitrogen and oxygen atoms in total. The first-order valence-electron chi connectivity index (χ1n) is 8.10. The molecular weight excluding hydrogens is 306 g/mol. The van der Waals surface area contributed by atoms with Crippen molar-refractivity contribution in [2.45, 2.75) is 20.3 Å². The molecule has 1 saturated heterocycles. The molecule has 0 bridgehead atoms. The molecule has 3 rings (SSSR count). The van der Waals surface area contributed by atoms with Crippen LogP contribution in [-0.4, -0.2) is 56.7 Å². The molecule has 8 heteroatoms. The molecule has 0 spiro atoms. The van der Waals surface area contributed by atoms with Crippen molar-refractivity contribution in [1.29, 1.82) is 0 Å². The molecule has 0 saturated carbocycles. The minimum absolute atomic E-state index is 0.0149. The van der Waals surface area contributed by atoms with Crippen LogP contribution in [0.4, 0.5) is 11.8 Å². The highest BCUT2D eigenvalue weighted by Gasteiger charge is 2.23. The van der Waals surface area contributed by atoms with E-state index in [9.17, 15) is 4.79 Å². The molecule has 1 aliphatic heterocycles. The molecule has 0 aliphatic carbocycles. The summed E-state index contributed by atoms with van der Waals surface area (Å²) in [5.41, 5.74) is 8.07. The fourth-order valence-electron chi connectivity index (χ4n) is 2.91. The van der Waals surface area contributed by atoms with E-state index in [1.54, 1.807) is 4.68 Å². The van der Waals surface area contributed by atoms with Crippen LogP contribution in [-0.2, 0) is 7.05 Å². The molecule has 1 amide bonds. The van der Waals surface area contributed by atoms with Gasteiger partial charge in [0.15, 0.2) is 5.69 Å². The van der Waals surface area contributed by atoms with Crippen molar-refractivity contribution in [3.63, 3.8) is 0 Å². The van der Waals surface area contributed by atoms with Crippen LogP contribution in [0.5, 0.6) is 0 Å². The summed E-state index contributed by atoms with van der Waals surface area (Å²) < 4.78 is 1.73. The molecule has 2 aromatic rings. The zero-order chi connectivity index (χ0) is 17.3. The van der Waals surface area contributed by atoms with Gasteiger partial charge in [-0.25, -0.2) is 4.98 Å². The van der Waals surface area contributed by atoms with Crippen molar-refractivity contribution in [2.24, 2.45) is 7.05 Å². The predicted molar refractivity (Wildman–Crippen MR) is 91.9 cm³/mol. The standard InChI is InChI=1S/C16H23N7O/c1-11-9-14(19-16(17)18-11)22-5-4-6-23(8-7-22)15(24)13-10-12(2)21(3)20-13/h9-10H,4-8H2,1-3H3,(H2,17,18,19). The molecule has 24 heavy (non-hydrogen) atoms. The van der Waals surface area contributed by atoms with Crippen LogP contribution in [0.3, 0.4) is 0 Å². The van der Waals surface area contributed by atoms with Crippen LogP contribution in [0.2, 0.25) is 0 Å². The molecule has 0 atom stereocenters. The van der Waals surface area contributed by atoms with Gasteiger partial charge in [0.2, 0.25) is 5.95 Å². The zero-order valence-electron chi connectivity index (χ0n) is 14.4. The normalized spacial score (nSPS) is 15.5. The lowest BCUT2D eigenvalue weighted by Crippen LogP contribution is -2.35. The van der Waals surface area contributed by atoms with Crippen LogP contribution < -0.4 is 10.6 Å². The molecule has 0 radical (unpaired) electrons. The third kappa shape index (κ3) is 3.32. The maximum Gasteiger partial charge on any atom is 0.274 e. The Labute approximate surface area is 141 Å². The van der Waals surface area contributed by atoms with Crippen LogP contribution in [0, 0.1) is 13.8 Å². The lowest BCUT2D eigenvalue weighted by atomic mass is 10.3. The second-order valence-electron chi connectivity index (χ2n) is 6.15. The summed E-state index contributed by atoms with van der Waals surface area (Å²) in [5, 5.41) is 4.29. The van der Waals surface area contributed by atoms with Crippen molar-refractivity contribution >= 4 is 17.7 Å². The van der Waals surface area contributed by atoms with E-state index in [-0.39, 0.29) is 11.9 Å². The molecule has 1 fully saturated rings. The van der Waals surface area contributed by atoms with E-state index in [4.69, 9.17) is 5.73 Å². The van der Waals surface area contributed by atoms with E-state index in [0.717, 1.165) is 30.2 Å². The van der Waals surface area contributed by atoms with Gasteiger partial charge in [0.1, 0.15) is 5.82 Å². The predicted octanol–water partition coefficient (Wildman–Crippen LogP) is 0.762. The number of nitrogens with zero attached hydrogens (tertiary/aromatic N) is 6. The number of nitrogen functional groups attached to an aromatic ring is 1. The summed E-state index contributed by atoms with van der Waals surface area (Å²) in [6.07, 6.45) is 0.876. The zero-order valence-corrected chi connectivity index (χ0v) is 14.4. The van der Waals surface area contributed by atoms with Gasteiger partial charge in [0, 0.05) is 50.7 Å². The Morgan fingerprint density at radius 3 is 2.58 bits per heavy atom. The number of anilines is 2. The Hall–Kier alpha value is -2.64. The number of amides is 1. The second-order valence-corrected chi connectivity index (χ2v) is 6.15. The largest absolute Gasteiger partial charge is 0.368 e. The van der Waals surface area contributed by atoms with Gasteiger partial charge in [0.25, 0.3) is 5.91 Å². The van der Waals surface area contributed by atoms with Crippen molar-refractivity contribution < 1.29 is 4.79 Å². The van der Waals surface area contributed by atoms with Gasteiger partial charge in [-0.3, -0.25) is 9.48 Å². The molecule has 2 N–H and O–H groups in total. The first-order valence-corrected chi connectivity index (χ1v) is 8.10. The van der Waals surface area contributed by atoms with E-state index in [0.29, 0.717) is 25.3 Å². The van der Waals surface area contributed by atoms with Crippen LogP contribution in [0.15, 0.2) is 12.1 Å². The van der Waals surface area contributed by atoms with Gasteiger partial charge in [-0.1, -0.05) is 0 Å². The van der Waals surface area contributed by atoms with E-state index in [1.165, 1.54) is 0 Å². The van der Waals surface area contributed by atoms with Crippen molar-refractivity contribution in [3.8, 4) is 0 Å². The number of hydrogen-bond donors (Lipinski definition) is 1. The Morgan fingerprint density at radius 2 is 1.92 bits per heavy atom. The summed E-state index contributed by atoms with van der Waals surface area (Å²) in [4.78, 5) is 25.1. The van der Waals surface area contributed by atoms with Gasteiger partial charge >= 0.3 is 0 Å². The summed E-state index contributed by atoms with van der Waals surface area (Å²) in [6, 6.07) is 3.76. The Bertz CT molecular complexity index is 715. The Balaban J connectivity index is 1.71. The molecule has 1 aliphatic rings. The monoisotopic (exact) mass is 329 g/mol. The minimum atomic E-state index is -0.0149. The lowest BCUT2D eigenvalue weighted by Gasteiger charge is -2.22. The van der Waals surface area contributed by atoms with Crippen LogP contribution in [0.1, 0.15) is 28.3 Å². The maximum atomic E-state index is 12.7. The Kier molecular flexibility index (Phi) is 4.37. The lowest BCUT2D eigenvalue weighted by molar-refractivity contribution is 0.0760. The third-order valence-electron chi connectivity index (χ3n) is 4.30. The van der Waals surface area contributed by atoms with Gasteiger partial charge in [-0.05, 0) is 26.3 Å². The highest BCUT2D eigenvalue weighted by atomic mass is 16.2. The van der Waals surface area contributed by atoms with Crippen molar-refractivity contribution in [2.75, 3.05) is 36.8 Å². The van der Waals surface area contributed by atoms with Gasteiger partial charge < -0.3 is 15.5 Å².